The van der Waals surface area contributed by atoms with Crippen LogP contribution in [-0.2, 0) is 4.74 Å². The van der Waals surface area contributed by atoms with Crippen LogP contribution >= 0.6 is 0 Å². The van der Waals surface area contributed by atoms with Crippen molar-refractivity contribution in [2.45, 2.75) is 26.4 Å². The number of carbonyl (C=O) groups is 1. The first kappa shape index (κ1) is 18.0. The van der Waals surface area contributed by atoms with Gasteiger partial charge in [-0.05, 0) is 26.8 Å². The van der Waals surface area contributed by atoms with E-state index in [9.17, 15) is 14.9 Å². The highest BCUT2D eigenvalue weighted by atomic mass is 16.6. The molecule has 0 aliphatic carbocycles. The van der Waals surface area contributed by atoms with Crippen LogP contribution in [0.1, 0.15) is 20.8 Å². The fourth-order valence-corrected chi connectivity index (χ4v) is 2.28. The molecule has 2 N–H and O–H groups in total. The number of aromatic nitrogens is 4. The van der Waals surface area contributed by atoms with Crippen molar-refractivity contribution in [2.24, 2.45) is 0 Å². The monoisotopic (exact) mass is 371 g/mol. The van der Waals surface area contributed by atoms with Crippen LogP contribution in [0.4, 0.5) is 16.3 Å². The number of nitro groups is 1. The number of rotatable bonds is 4. The molecule has 1 amide bonds. The molecule has 140 valence electrons. The highest BCUT2D eigenvalue weighted by Crippen LogP contribution is 2.23. The van der Waals surface area contributed by atoms with Gasteiger partial charge in [0.15, 0.2) is 11.5 Å². The van der Waals surface area contributed by atoms with E-state index >= 15 is 0 Å². The van der Waals surface area contributed by atoms with Crippen molar-refractivity contribution in [2.75, 3.05) is 5.43 Å². The first-order chi connectivity index (χ1) is 12.7. The number of anilines is 1. The maximum Gasteiger partial charge on any atom is 0.426 e. The number of non-ortho nitro benzene ring substituents is 1. The van der Waals surface area contributed by atoms with E-state index in [0.29, 0.717) is 22.5 Å². The van der Waals surface area contributed by atoms with Gasteiger partial charge in [-0.2, -0.15) is 5.10 Å². The number of carbonyl (C=O) groups excluding carboxylic acids is 1. The summed E-state index contributed by atoms with van der Waals surface area (Å²) >= 11 is 0. The Morgan fingerprint density at radius 3 is 2.78 bits per heavy atom. The van der Waals surface area contributed by atoms with Gasteiger partial charge in [-0.1, -0.05) is 6.07 Å². The SMILES string of the molecule is CC(C)(C)OC(=O)NNc1ncnc2c1cnn2-c1cccc([N+](=O)[O-])c1. The standard InChI is InChI=1S/C16H17N7O4/c1-16(2,3)27-15(24)21-20-13-12-8-19-22(14(12)18-9-17-13)10-5-4-6-11(7-10)23(25)26/h4-9H,1-3H3,(H,21,24)(H,17,18,20). The molecule has 0 saturated heterocycles. The molecule has 3 aromatic rings. The van der Waals surface area contributed by atoms with E-state index in [2.05, 4.69) is 25.9 Å². The van der Waals surface area contributed by atoms with E-state index in [4.69, 9.17) is 4.74 Å². The van der Waals surface area contributed by atoms with Gasteiger partial charge in [-0.3, -0.25) is 15.5 Å². The van der Waals surface area contributed by atoms with Crippen LogP contribution in [0.15, 0.2) is 36.8 Å². The number of hydrogen-bond donors (Lipinski definition) is 2. The largest absolute Gasteiger partial charge is 0.443 e. The zero-order chi connectivity index (χ0) is 19.6. The normalized spacial score (nSPS) is 11.2. The quantitative estimate of drug-likeness (QED) is 0.527. The Labute approximate surface area is 153 Å². The molecule has 11 nitrogen and oxygen atoms in total. The Kier molecular flexibility index (Phi) is 4.59. The number of hydrazine groups is 1. The molecule has 1 aromatic carbocycles. The van der Waals surface area contributed by atoms with Crippen LogP contribution in [0, 0.1) is 10.1 Å². The van der Waals surface area contributed by atoms with Crippen molar-refractivity contribution in [1.29, 1.82) is 0 Å². The van der Waals surface area contributed by atoms with Crippen LogP contribution in [0.5, 0.6) is 0 Å². The molecule has 27 heavy (non-hydrogen) atoms. The minimum Gasteiger partial charge on any atom is -0.443 e. The van der Waals surface area contributed by atoms with Crippen LogP contribution in [0.2, 0.25) is 0 Å². The first-order valence-corrected chi connectivity index (χ1v) is 7.93. The molecule has 0 fully saturated rings. The smallest absolute Gasteiger partial charge is 0.426 e. The lowest BCUT2D eigenvalue weighted by atomic mass is 10.2. The highest BCUT2D eigenvalue weighted by molar-refractivity contribution is 5.87. The molecule has 0 radical (unpaired) electrons. The van der Waals surface area contributed by atoms with Crippen molar-refractivity contribution in [3.63, 3.8) is 0 Å². The summed E-state index contributed by atoms with van der Waals surface area (Å²) in [6.07, 6.45) is 2.12. The second kappa shape index (κ2) is 6.86. The van der Waals surface area contributed by atoms with Crippen LogP contribution < -0.4 is 10.9 Å². The number of ether oxygens (including phenoxy) is 1. The minimum absolute atomic E-state index is 0.0600. The minimum atomic E-state index is -0.666. The summed E-state index contributed by atoms with van der Waals surface area (Å²) in [5.41, 5.74) is 5.25. The number of nitro benzene ring substituents is 1. The zero-order valence-corrected chi connectivity index (χ0v) is 14.8. The molecule has 0 spiro atoms. The maximum atomic E-state index is 11.8. The predicted octanol–water partition coefficient (Wildman–Crippen LogP) is 2.58. The van der Waals surface area contributed by atoms with Crippen molar-refractivity contribution >= 4 is 28.6 Å². The Morgan fingerprint density at radius 2 is 2.07 bits per heavy atom. The Bertz CT molecular complexity index is 1010. The Balaban J connectivity index is 1.88. The summed E-state index contributed by atoms with van der Waals surface area (Å²) in [5, 5.41) is 15.7. The van der Waals surface area contributed by atoms with Crippen LogP contribution in [-0.4, -0.2) is 36.4 Å². The van der Waals surface area contributed by atoms with Gasteiger partial charge in [-0.25, -0.2) is 24.9 Å². The average molecular weight is 371 g/mol. The summed E-state index contributed by atoms with van der Waals surface area (Å²) < 4.78 is 6.59. The molecule has 11 heteroatoms. The van der Waals surface area contributed by atoms with Crippen LogP contribution in [0.25, 0.3) is 16.7 Å². The van der Waals surface area contributed by atoms with E-state index < -0.39 is 16.6 Å². The molecular formula is C16H17N7O4. The number of hydrogen-bond acceptors (Lipinski definition) is 8. The van der Waals surface area contributed by atoms with Gasteiger partial charge in [0, 0.05) is 12.1 Å². The topological polar surface area (TPSA) is 137 Å². The van der Waals surface area contributed by atoms with Crippen molar-refractivity contribution < 1.29 is 14.5 Å². The fraction of sp³-hybridized carbons (Fsp3) is 0.250. The summed E-state index contributed by atoms with van der Waals surface area (Å²) in [5.74, 6) is 0.308. The number of fused-ring (bicyclic) bond motifs is 1. The highest BCUT2D eigenvalue weighted by Gasteiger charge is 2.17. The van der Waals surface area contributed by atoms with E-state index in [1.54, 1.807) is 32.9 Å². The van der Waals surface area contributed by atoms with Gasteiger partial charge in [0.1, 0.15) is 11.9 Å². The lowest BCUT2D eigenvalue weighted by Gasteiger charge is -2.19. The van der Waals surface area contributed by atoms with E-state index in [1.165, 1.54) is 29.3 Å². The lowest BCUT2D eigenvalue weighted by molar-refractivity contribution is -0.384. The predicted molar refractivity (Wildman–Crippen MR) is 96.3 cm³/mol. The summed E-state index contributed by atoms with van der Waals surface area (Å²) in [7, 11) is 0. The molecule has 0 unspecified atom stereocenters. The Morgan fingerprint density at radius 1 is 1.30 bits per heavy atom. The second-order valence-corrected chi connectivity index (χ2v) is 6.54. The van der Waals surface area contributed by atoms with E-state index in [-0.39, 0.29) is 5.69 Å². The van der Waals surface area contributed by atoms with Gasteiger partial charge in [0.2, 0.25) is 0 Å². The molecule has 2 heterocycles. The maximum absolute atomic E-state index is 11.8. The number of nitrogens with zero attached hydrogens (tertiary/aromatic N) is 5. The molecule has 3 rings (SSSR count). The molecule has 0 aliphatic heterocycles. The average Bonchev–Trinajstić information content (AvgIpc) is 3.03. The molecule has 2 aromatic heterocycles. The van der Waals surface area contributed by atoms with Crippen molar-refractivity contribution in [3.8, 4) is 5.69 Å². The third-order valence-corrected chi connectivity index (χ3v) is 3.33. The third kappa shape index (κ3) is 4.08. The Hall–Kier alpha value is -3.76. The van der Waals surface area contributed by atoms with Crippen molar-refractivity contribution in [1.82, 2.24) is 25.2 Å². The number of nitrogens with one attached hydrogen (secondary N) is 2. The summed E-state index contributed by atoms with van der Waals surface area (Å²) in [4.78, 5) is 30.5. The molecule has 0 bridgehead atoms. The second-order valence-electron chi connectivity index (χ2n) is 6.54. The number of amides is 1. The van der Waals surface area contributed by atoms with E-state index in [1.807, 2.05) is 0 Å². The molecule has 0 atom stereocenters. The van der Waals surface area contributed by atoms with Gasteiger partial charge < -0.3 is 4.74 Å². The van der Waals surface area contributed by atoms with Gasteiger partial charge >= 0.3 is 6.09 Å². The number of benzene rings is 1. The molecule has 0 aliphatic rings. The van der Waals surface area contributed by atoms with Gasteiger partial charge in [0.05, 0.1) is 22.2 Å². The van der Waals surface area contributed by atoms with E-state index in [0.717, 1.165) is 0 Å². The fourth-order valence-electron chi connectivity index (χ4n) is 2.28. The molecular weight excluding hydrogens is 354 g/mol. The summed E-state index contributed by atoms with van der Waals surface area (Å²) in [6, 6.07) is 6.02. The summed E-state index contributed by atoms with van der Waals surface area (Å²) in [6.45, 7) is 5.25. The first-order valence-electron chi connectivity index (χ1n) is 7.93. The van der Waals surface area contributed by atoms with Crippen molar-refractivity contribution in [3.05, 3.63) is 46.9 Å². The third-order valence-electron chi connectivity index (χ3n) is 3.33. The zero-order valence-electron chi connectivity index (χ0n) is 14.8. The van der Waals surface area contributed by atoms with Gasteiger partial charge in [-0.15, -0.1) is 0 Å². The van der Waals surface area contributed by atoms with Gasteiger partial charge in [0.25, 0.3) is 5.69 Å². The lowest BCUT2D eigenvalue weighted by Crippen LogP contribution is -2.36. The molecule has 0 saturated carbocycles. The van der Waals surface area contributed by atoms with Crippen LogP contribution in [0.3, 0.4) is 0 Å².